The van der Waals surface area contributed by atoms with Crippen molar-refractivity contribution in [1.82, 2.24) is 0 Å². The summed E-state index contributed by atoms with van der Waals surface area (Å²) < 4.78 is 0. The van der Waals surface area contributed by atoms with Gasteiger partial charge in [-0.3, -0.25) is 0 Å². The molecule has 1 heteroatoms. The lowest BCUT2D eigenvalue weighted by molar-refractivity contribution is 0.739. The van der Waals surface area contributed by atoms with Crippen molar-refractivity contribution < 1.29 is 0 Å². The number of hydrogen-bond donors (Lipinski definition) is 0. The Balaban J connectivity index is 2.22. The second kappa shape index (κ2) is 2.59. The normalized spacial score (nSPS) is 29.2. The molecule has 1 heterocycles. The molecule has 2 aliphatic rings. The van der Waals surface area contributed by atoms with E-state index < -0.39 is 0 Å². The Hall–Kier alpha value is -0.303. The SMILES string of the molecule is CC(C)(C)[Si]1CCC2C=CC=C21. The van der Waals surface area contributed by atoms with Gasteiger partial charge in [0.2, 0.25) is 0 Å². The van der Waals surface area contributed by atoms with E-state index in [1.54, 1.807) is 5.20 Å². The van der Waals surface area contributed by atoms with Crippen LogP contribution in [0.1, 0.15) is 27.2 Å². The van der Waals surface area contributed by atoms with Gasteiger partial charge in [0.05, 0.1) is 8.80 Å². The molecule has 2 rings (SSSR count). The van der Waals surface area contributed by atoms with Crippen LogP contribution < -0.4 is 0 Å². The second-order valence-corrected chi connectivity index (χ2v) is 8.42. The third-order valence-electron chi connectivity index (χ3n) is 2.98. The van der Waals surface area contributed by atoms with Crippen LogP contribution in [0.25, 0.3) is 0 Å². The molecule has 65 valence electrons. The highest BCUT2D eigenvalue weighted by Gasteiger charge is 2.38. The lowest BCUT2D eigenvalue weighted by Gasteiger charge is -2.26. The summed E-state index contributed by atoms with van der Waals surface area (Å²) in [7, 11) is -0.204. The monoisotopic (exact) mass is 177 g/mol. The Kier molecular flexibility index (Phi) is 1.79. The van der Waals surface area contributed by atoms with Gasteiger partial charge in [-0.05, 0) is 17.4 Å². The van der Waals surface area contributed by atoms with Gasteiger partial charge in [-0.1, -0.05) is 50.2 Å². The van der Waals surface area contributed by atoms with Crippen LogP contribution in [0.15, 0.2) is 23.4 Å². The first-order valence-electron chi connectivity index (χ1n) is 4.84. The minimum Gasteiger partial charge on any atom is -0.0778 e. The lowest BCUT2D eigenvalue weighted by atomic mass is 10.1. The minimum atomic E-state index is -0.204. The van der Waals surface area contributed by atoms with E-state index in [9.17, 15) is 0 Å². The van der Waals surface area contributed by atoms with E-state index in [0.29, 0.717) is 5.04 Å². The smallest absolute Gasteiger partial charge is 0.0778 e. The second-order valence-electron chi connectivity index (χ2n) is 4.88. The maximum atomic E-state index is 2.41. The van der Waals surface area contributed by atoms with Crippen LogP contribution in [-0.4, -0.2) is 8.80 Å². The standard InChI is InChI=1S/C11H17Si/c1-11(2,3)12-8-7-9-5-4-6-10(9)12/h4-6,9H,7-8H2,1-3H3. The molecule has 1 radical (unpaired) electrons. The molecule has 1 aliphatic carbocycles. The molecule has 0 saturated carbocycles. The predicted molar refractivity (Wildman–Crippen MR) is 55.6 cm³/mol. The van der Waals surface area contributed by atoms with Crippen LogP contribution >= 0.6 is 0 Å². The molecule has 0 aromatic rings. The molecule has 1 atom stereocenters. The van der Waals surface area contributed by atoms with Gasteiger partial charge in [-0.2, -0.15) is 0 Å². The third kappa shape index (κ3) is 1.20. The van der Waals surface area contributed by atoms with Crippen molar-refractivity contribution in [2.24, 2.45) is 5.92 Å². The van der Waals surface area contributed by atoms with Crippen molar-refractivity contribution in [2.45, 2.75) is 38.3 Å². The first kappa shape index (κ1) is 8.30. The van der Waals surface area contributed by atoms with Gasteiger partial charge in [0.15, 0.2) is 0 Å². The van der Waals surface area contributed by atoms with Crippen LogP contribution in [0.3, 0.4) is 0 Å². The van der Waals surface area contributed by atoms with Crippen LogP contribution in [-0.2, 0) is 0 Å². The summed E-state index contributed by atoms with van der Waals surface area (Å²) in [6.45, 7) is 7.22. The molecule has 0 N–H and O–H groups in total. The molecule has 0 bridgehead atoms. The highest BCUT2D eigenvalue weighted by atomic mass is 28.3. The zero-order valence-electron chi connectivity index (χ0n) is 8.22. The summed E-state index contributed by atoms with van der Waals surface area (Å²) in [5, 5.41) is 2.37. The molecule has 1 fully saturated rings. The maximum Gasteiger partial charge on any atom is 0.0866 e. The molecule has 0 aromatic carbocycles. The summed E-state index contributed by atoms with van der Waals surface area (Å²) in [5.74, 6) is 0.845. The first-order valence-corrected chi connectivity index (χ1v) is 6.55. The van der Waals surface area contributed by atoms with Crippen LogP contribution in [0, 0.1) is 5.92 Å². The fourth-order valence-corrected chi connectivity index (χ4v) is 5.84. The Bertz CT molecular complexity index is 242. The van der Waals surface area contributed by atoms with E-state index in [4.69, 9.17) is 0 Å². The molecule has 0 amide bonds. The number of hydrogen-bond acceptors (Lipinski definition) is 0. The molecule has 0 nitrogen and oxygen atoms in total. The highest BCUT2D eigenvalue weighted by molar-refractivity contribution is 6.70. The van der Waals surface area contributed by atoms with E-state index >= 15 is 0 Å². The summed E-state index contributed by atoms with van der Waals surface area (Å²) in [6, 6.07) is 1.50. The molecule has 0 aromatic heterocycles. The van der Waals surface area contributed by atoms with Crippen molar-refractivity contribution in [3.8, 4) is 0 Å². The van der Waals surface area contributed by atoms with Crippen LogP contribution in [0.2, 0.25) is 11.1 Å². The van der Waals surface area contributed by atoms with Crippen LogP contribution in [0.5, 0.6) is 0 Å². The fourth-order valence-electron chi connectivity index (χ4n) is 2.35. The van der Waals surface area contributed by atoms with Gasteiger partial charge >= 0.3 is 0 Å². The van der Waals surface area contributed by atoms with E-state index in [2.05, 4.69) is 39.0 Å². The Labute approximate surface area is 77.0 Å². The molecular formula is C11H17Si. The summed E-state index contributed by atoms with van der Waals surface area (Å²) in [4.78, 5) is 0. The van der Waals surface area contributed by atoms with Crippen molar-refractivity contribution in [2.75, 3.05) is 0 Å². The highest BCUT2D eigenvalue weighted by Crippen LogP contribution is 2.45. The third-order valence-corrected chi connectivity index (χ3v) is 6.81. The average Bonchev–Trinajstić information content (AvgIpc) is 2.37. The van der Waals surface area contributed by atoms with Crippen molar-refractivity contribution >= 4 is 8.80 Å². The van der Waals surface area contributed by atoms with E-state index in [0.717, 1.165) is 5.92 Å². The Morgan fingerprint density at radius 1 is 1.42 bits per heavy atom. The van der Waals surface area contributed by atoms with Crippen molar-refractivity contribution in [1.29, 1.82) is 0 Å². The van der Waals surface area contributed by atoms with Gasteiger partial charge in [0, 0.05) is 0 Å². The zero-order valence-corrected chi connectivity index (χ0v) is 9.22. The van der Waals surface area contributed by atoms with Gasteiger partial charge < -0.3 is 0 Å². The van der Waals surface area contributed by atoms with Gasteiger partial charge in [0.25, 0.3) is 0 Å². The first-order chi connectivity index (χ1) is 5.59. The zero-order chi connectivity index (χ0) is 8.77. The summed E-state index contributed by atoms with van der Waals surface area (Å²) in [6.07, 6.45) is 8.46. The molecule has 0 spiro atoms. The molecular weight excluding hydrogens is 160 g/mol. The summed E-state index contributed by atoms with van der Waals surface area (Å²) in [5.41, 5.74) is 0. The largest absolute Gasteiger partial charge is 0.0866 e. The molecule has 1 unspecified atom stereocenters. The van der Waals surface area contributed by atoms with E-state index in [1.807, 2.05) is 0 Å². The number of rotatable bonds is 0. The van der Waals surface area contributed by atoms with E-state index in [-0.39, 0.29) is 8.80 Å². The Morgan fingerprint density at radius 2 is 2.17 bits per heavy atom. The fraction of sp³-hybridized carbons (Fsp3) is 0.636. The van der Waals surface area contributed by atoms with Crippen molar-refractivity contribution in [3.05, 3.63) is 23.4 Å². The molecule has 1 aliphatic heterocycles. The summed E-state index contributed by atoms with van der Waals surface area (Å²) >= 11 is 0. The average molecular weight is 177 g/mol. The molecule has 1 saturated heterocycles. The minimum absolute atomic E-state index is 0.204. The molecule has 12 heavy (non-hydrogen) atoms. The topological polar surface area (TPSA) is 0 Å². The van der Waals surface area contributed by atoms with Gasteiger partial charge in [-0.25, -0.2) is 0 Å². The Morgan fingerprint density at radius 3 is 2.83 bits per heavy atom. The van der Waals surface area contributed by atoms with Crippen LogP contribution in [0.4, 0.5) is 0 Å². The van der Waals surface area contributed by atoms with E-state index in [1.165, 1.54) is 12.5 Å². The lowest BCUT2D eigenvalue weighted by Crippen LogP contribution is -2.24. The quantitative estimate of drug-likeness (QED) is 0.498. The number of allylic oxidation sites excluding steroid dienone is 4. The maximum absolute atomic E-state index is 2.41. The van der Waals surface area contributed by atoms with Gasteiger partial charge in [-0.15, -0.1) is 0 Å². The van der Waals surface area contributed by atoms with Crippen molar-refractivity contribution in [3.63, 3.8) is 0 Å². The van der Waals surface area contributed by atoms with Gasteiger partial charge in [0.1, 0.15) is 0 Å². The number of fused-ring (bicyclic) bond motifs is 1. The predicted octanol–water partition coefficient (Wildman–Crippen LogP) is 3.34.